The summed E-state index contributed by atoms with van der Waals surface area (Å²) in [5, 5.41) is 4.54. The second-order valence-corrected chi connectivity index (χ2v) is 12.5. The van der Waals surface area contributed by atoms with Crippen LogP contribution in [0.4, 0.5) is 0 Å². The van der Waals surface area contributed by atoms with Gasteiger partial charge in [-0.3, -0.25) is 0 Å². The van der Waals surface area contributed by atoms with E-state index in [9.17, 15) is 8.42 Å². The zero-order valence-corrected chi connectivity index (χ0v) is 13.3. The second kappa shape index (κ2) is 5.64. The summed E-state index contributed by atoms with van der Waals surface area (Å²) in [5.41, 5.74) is 0. The predicted octanol–water partition coefficient (Wildman–Crippen LogP) is 2.24. The molecule has 17 heavy (non-hydrogen) atoms. The van der Waals surface area contributed by atoms with E-state index in [0.717, 1.165) is 0 Å². The number of nitrogens with two attached hydrogens (primary N) is 1. The highest BCUT2D eigenvalue weighted by Gasteiger charge is 2.38. The predicted molar refractivity (Wildman–Crippen MR) is 74.9 cm³/mol. The molecule has 1 unspecified atom stereocenters. The number of hydrogen-bond acceptors (Lipinski definition) is 3. The van der Waals surface area contributed by atoms with Gasteiger partial charge in [0.25, 0.3) is 0 Å². The number of hydrogen-bond donors (Lipinski definition) is 1. The molecule has 2 N–H and O–H groups in total. The molecule has 0 aromatic carbocycles. The molecule has 0 saturated carbocycles. The van der Waals surface area contributed by atoms with E-state index in [1.54, 1.807) is 6.08 Å². The lowest BCUT2D eigenvalue weighted by Gasteiger charge is -2.37. The van der Waals surface area contributed by atoms with Crippen LogP contribution >= 0.6 is 0 Å². The zero-order valence-electron chi connectivity index (χ0n) is 11.5. The molecule has 4 nitrogen and oxygen atoms in total. The van der Waals surface area contributed by atoms with Crippen molar-refractivity contribution in [3.8, 4) is 0 Å². The summed E-state index contributed by atoms with van der Waals surface area (Å²) >= 11 is 0. The Morgan fingerprint density at radius 2 is 1.88 bits per heavy atom. The molecular formula is C11H25NO3SSi. The second-order valence-electron chi connectivity index (χ2n) is 5.81. The minimum atomic E-state index is -3.57. The first-order chi connectivity index (χ1) is 7.42. The zero-order chi connectivity index (χ0) is 13.9. The molecule has 102 valence electrons. The van der Waals surface area contributed by atoms with Gasteiger partial charge >= 0.3 is 0 Å². The SMILES string of the molecule is C=CCC(CO[Si](C)(C)C(C)(C)C)S(N)(=O)=O. The summed E-state index contributed by atoms with van der Waals surface area (Å²) in [6, 6.07) is 0. The van der Waals surface area contributed by atoms with Crippen molar-refractivity contribution in [3.63, 3.8) is 0 Å². The lowest BCUT2D eigenvalue weighted by atomic mass is 10.2. The highest BCUT2D eigenvalue weighted by atomic mass is 32.2. The summed E-state index contributed by atoms with van der Waals surface area (Å²) in [6.07, 6.45) is 1.89. The average Bonchev–Trinajstić information content (AvgIpc) is 2.08. The maximum Gasteiger partial charge on any atom is 0.214 e. The third-order valence-corrected chi connectivity index (χ3v) is 9.09. The lowest BCUT2D eigenvalue weighted by Crippen LogP contribution is -2.44. The van der Waals surface area contributed by atoms with Gasteiger partial charge in [-0.15, -0.1) is 6.58 Å². The van der Waals surface area contributed by atoms with Gasteiger partial charge in [0.2, 0.25) is 10.0 Å². The molecule has 0 aliphatic heterocycles. The quantitative estimate of drug-likeness (QED) is 0.599. The molecule has 1 atom stereocenters. The van der Waals surface area contributed by atoms with Gasteiger partial charge in [-0.05, 0) is 24.6 Å². The van der Waals surface area contributed by atoms with E-state index in [1.807, 2.05) is 0 Å². The van der Waals surface area contributed by atoms with Crippen LogP contribution in [0.25, 0.3) is 0 Å². The van der Waals surface area contributed by atoms with Gasteiger partial charge in [0, 0.05) is 0 Å². The van der Waals surface area contributed by atoms with Crippen molar-refractivity contribution in [1.29, 1.82) is 0 Å². The minimum absolute atomic E-state index is 0.0596. The fraction of sp³-hybridized carbons (Fsp3) is 0.818. The molecule has 0 aliphatic carbocycles. The van der Waals surface area contributed by atoms with Crippen LogP contribution in [0.15, 0.2) is 12.7 Å². The van der Waals surface area contributed by atoms with E-state index >= 15 is 0 Å². The van der Waals surface area contributed by atoms with Gasteiger partial charge in [0.1, 0.15) is 5.25 Å². The Bertz CT molecular complexity index is 357. The lowest BCUT2D eigenvalue weighted by molar-refractivity contribution is 0.284. The monoisotopic (exact) mass is 279 g/mol. The van der Waals surface area contributed by atoms with Crippen molar-refractivity contribution in [2.75, 3.05) is 6.61 Å². The Morgan fingerprint density at radius 1 is 1.41 bits per heavy atom. The van der Waals surface area contributed by atoms with Crippen molar-refractivity contribution in [1.82, 2.24) is 0 Å². The molecule has 0 bridgehead atoms. The van der Waals surface area contributed by atoms with E-state index in [1.165, 1.54) is 0 Å². The summed E-state index contributed by atoms with van der Waals surface area (Å²) in [4.78, 5) is 0. The smallest absolute Gasteiger partial charge is 0.214 e. The fourth-order valence-electron chi connectivity index (χ4n) is 1.00. The fourth-order valence-corrected chi connectivity index (χ4v) is 2.83. The van der Waals surface area contributed by atoms with E-state index in [-0.39, 0.29) is 11.6 Å². The van der Waals surface area contributed by atoms with Crippen molar-refractivity contribution >= 4 is 18.3 Å². The number of sulfonamides is 1. The highest BCUT2D eigenvalue weighted by Crippen LogP contribution is 2.36. The molecule has 0 amide bonds. The third-order valence-electron chi connectivity index (χ3n) is 3.33. The number of allylic oxidation sites excluding steroid dienone is 1. The van der Waals surface area contributed by atoms with Crippen LogP contribution in [0.5, 0.6) is 0 Å². The van der Waals surface area contributed by atoms with E-state index in [0.29, 0.717) is 6.42 Å². The van der Waals surface area contributed by atoms with Crippen LogP contribution in [-0.2, 0) is 14.4 Å². The van der Waals surface area contributed by atoms with Gasteiger partial charge in [0.15, 0.2) is 8.32 Å². The van der Waals surface area contributed by atoms with Gasteiger partial charge < -0.3 is 4.43 Å². The summed E-state index contributed by atoms with van der Waals surface area (Å²) in [6.45, 7) is 14.2. The normalized spacial score (nSPS) is 15.6. The Morgan fingerprint density at radius 3 is 2.18 bits per heavy atom. The average molecular weight is 279 g/mol. The van der Waals surface area contributed by atoms with Crippen molar-refractivity contribution < 1.29 is 12.8 Å². The first kappa shape index (κ1) is 16.8. The summed E-state index contributed by atoms with van der Waals surface area (Å²) in [5.74, 6) is 0. The van der Waals surface area contributed by atoms with Gasteiger partial charge in [0.05, 0.1) is 6.61 Å². The van der Waals surface area contributed by atoms with Crippen molar-refractivity contribution in [2.45, 2.75) is 50.6 Å². The maximum absolute atomic E-state index is 11.4. The Labute approximate surface area is 106 Å². The molecule has 0 aromatic rings. The Kier molecular flexibility index (Phi) is 5.59. The maximum atomic E-state index is 11.4. The molecule has 6 heteroatoms. The standard InChI is InChI=1S/C11H25NO3SSi/c1-7-8-10(16(12,13)14)9-15-17(5,6)11(2,3)4/h7,10H,1,8-9H2,2-6H3,(H2,12,13,14). The molecule has 0 spiro atoms. The molecule has 0 saturated heterocycles. The largest absolute Gasteiger partial charge is 0.415 e. The molecule has 0 fully saturated rings. The first-order valence-corrected chi connectivity index (χ1v) is 10.2. The molecule has 0 aliphatic rings. The Balaban J connectivity index is 4.68. The summed E-state index contributed by atoms with van der Waals surface area (Å²) < 4.78 is 28.6. The number of primary sulfonamides is 1. The topological polar surface area (TPSA) is 69.4 Å². The van der Waals surface area contributed by atoms with Gasteiger partial charge in [-0.25, -0.2) is 13.6 Å². The van der Waals surface area contributed by atoms with Crippen LogP contribution in [0.1, 0.15) is 27.2 Å². The van der Waals surface area contributed by atoms with Crippen LogP contribution < -0.4 is 5.14 Å². The van der Waals surface area contributed by atoms with Crippen LogP contribution in [-0.4, -0.2) is 28.6 Å². The molecule has 0 radical (unpaired) electrons. The summed E-state index contributed by atoms with van der Waals surface area (Å²) in [7, 11) is -5.50. The van der Waals surface area contributed by atoms with E-state index in [4.69, 9.17) is 9.56 Å². The van der Waals surface area contributed by atoms with Crippen LogP contribution in [0.2, 0.25) is 18.1 Å². The van der Waals surface area contributed by atoms with E-state index < -0.39 is 23.6 Å². The molecular weight excluding hydrogens is 254 g/mol. The third kappa shape index (κ3) is 5.33. The number of rotatable bonds is 6. The van der Waals surface area contributed by atoms with Gasteiger partial charge in [-0.1, -0.05) is 26.8 Å². The minimum Gasteiger partial charge on any atom is -0.415 e. The van der Waals surface area contributed by atoms with Crippen molar-refractivity contribution in [2.24, 2.45) is 5.14 Å². The Hall–Kier alpha value is -0.173. The van der Waals surface area contributed by atoms with Crippen LogP contribution in [0.3, 0.4) is 0 Å². The van der Waals surface area contributed by atoms with Gasteiger partial charge in [-0.2, -0.15) is 0 Å². The molecule has 0 rings (SSSR count). The first-order valence-electron chi connectivity index (χ1n) is 5.68. The van der Waals surface area contributed by atoms with Crippen LogP contribution in [0, 0.1) is 0 Å². The molecule has 0 aromatic heterocycles. The van der Waals surface area contributed by atoms with Crippen molar-refractivity contribution in [3.05, 3.63) is 12.7 Å². The van der Waals surface area contributed by atoms with E-state index in [2.05, 4.69) is 40.4 Å². The highest BCUT2D eigenvalue weighted by molar-refractivity contribution is 7.89. The molecule has 0 heterocycles.